The first kappa shape index (κ1) is 17.0. The van der Waals surface area contributed by atoms with Crippen molar-refractivity contribution < 1.29 is 0 Å². The molecule has 1 aliphatic rings. The van der Waals surface area contributed by atoms with Gasteiger partial charge in [-0.3, -0.25) is 0 Å². The van der Waals surface area contributed by atoms with Crippen LogP contribution in [-0.4, -0.2) is 32.1 Å². The van der Waals surface area contributed by atoms with E-state index < -0.39 is 0 Å². The monoisotopic (exact) mass is 436 g/mol. The van der Waals surface area contributed by atoms with Gasteiger partial charge in [-0.15, -0.1) is 0 Å². The van der Waals surface area contributed by atoms with Crippen LogP contribution in [0.25, 0.3) is 0 Å². The second-order valence-electron chi connectivity index (χ2n) is 6.35. The summed E-state index contributed by atoms with van der Waals surface area (Å²) >= 11 is 7.24. The topological polar surface area (TPSA) is 6.48 Å². The Morgan fingerprint density at radius 2 is 1.43 bits per heavy atom. The third kappa shape index (κ3) is 3.98. The largest absolute Gasteiger partial charge is 0.341 e. The van der Waals surface area contributed by atoms with Crippen molar-refractivity contribution in [2.75, 3.05) is 32.1 Å². The van der Waals surface area contributed by atoms with Gasteiger partial charge in [-0.2, -0.15) is 0 Å². The third-order valence-corrected chi connectivity index (χ3v) is 5.30. The van der Waals surface area contributed by atoms with E-state index in [2.05, 4.69) is 92.2 Å². The summed E-state index contributed by atoms with van der Waals surface area (Å²) in [6.45, 7) is 2.15. The lowest BCUT2D eigenvalue weighted by atomic mass is 10.0. The molecule has 122 valence electrons. The van der Waals surface area contributed by atoms with E-state index >= 15 is 0 Å². The van der Waals surface area contributed by atoms with Crippen LogP contribution in [0.4, 0.5) is 11.4 Å². The zero-order valence-electron chi connectivity index (χ0n) is 13.6. The number of benzene rings is 2. The summed E-state index contributed by atoms with van der Waals surface area (Å²) in [5.74, 6) is 0. The number of fused-ring (bicyclic) bond motifs is 2. The van der Waals surface area contributed by atoms with E-state index in [1.54, 1.807) is 0 Å². The maximum atomic E-state index is 3.62. The molecule has 0 saturated heterocycles. The highest BCUT2D eigenvalue weighted by molar-refractivity contribution is 9.10. The molecule has 0 unspecified atom stereocenters. The highest BCUT2D eigenvalue weighted by Crippen LogP contribution is 2.38. The molecule has 2 aromatic carbocycles. The zero-order valence-corrected chi connectivity index (χ0v) is 16.8. The smallest absolute Gasteiger partial charge is 0.0444 e. The van der Waals surface area contributed by atoms with Gasteiger partial charge in [-0.25, -0.2) is 0 Å². The summed E-state index contributed by atoms with van der Waals surface area (Å²) in [5.41, 5.74) is 5.56. The lowest BCUT2D eigenvalue weighted by Gasteiger charge is -2.28. The van der Waals surface area contributed by atoms with Crippen molar-refractivity contribution >= 4 is 43.2 Å². The summed E-state index contributed by atoms with van der Waals surface area (Å²) in [4.78, 5) is 4.75. The highest BCUT2D eigenvalue weighted by Gasteiger charge is 2.20. The maximum absolute atomic E-state index is 3.62. The standard InChI is InChI=1S/C19H22Br2N2/c1-22(2)10-3-11-23-18-8-6-16(20)12-14(18)4-5-15-13-17(21)7-9-19(15)23/h6-9,12-13H,3-5,10-11H2,1-2H3. The number of halogens is 2. The van der Waals surface area contributed by atoms with Crippen molar-refractivity contribution in [3.05, 3.63) is 56.5 Å². The molecule has 0 atom stereocenters. The first-order valence-corrected chi connectivity index (χ1v) is 9.62. The van der Waals surface area contributed by atoms with Gasteiger partial charge in [0.15, 0.2) is 0 Å². The van der Waals surface area contributed by atoms with Crippen molar-refractivity contribution in [2.24, 2.45) is 0 Å². The second kappa shape index (κ2) is 7.37. The SMILES string of the molecule is CN(C)CCCN1c2ccc(Br)cc2CCc2cc(Br)ccc21. The fourth-order valence-corrected chi connectivity index (χ4v) is 4.04. The minimum atomic E-state index is 1.04. The van der Waals surface area contributed by atoms with Gasteiger partial charge in [0.05, 0.1) is 0 Å². The van der Waals surface area contributed by atoms with Gasteiger partial charge < -0.3 is 9.80 Å². The normalized spacial score (nSPS) is 13.7. The number of rotatable bonds is 4. The van der Waals surface area contributed by atoms with Crippen molar-refractivity contribution in [3.63, 3.8) is 0 Å². The Morgan fingerprint density at radius 3 is 1.91 bits per heavy atom. The molecule has 0 spiro atoms. The summed E-state index contributed by atoms with van der Waals surface area (Å²) in [6.07, 6.45) is 3.32. The van der Waals surface area contributed by atoms with Crippen LogP contribution in [0.15, 0.2) is 45.3 Å². The summed E-state index contributed by atoms with van der Waals surface area (Å²) in [5, 5.41) is 0. The lowest BCUT2D eigenvalue weighted by Crippen LogP contribution is -2.24. The van der Waals surface area contributed by atoms with Crippen LogP contribution in [0.5, 0.6) is 0 Å². The van der Waals surface area contributed by atoms with Gasteiger partial charge in [0.1, 0.15) is 0 Å². The van der Waals surface area contributed by atoms with Crippen LogP contribution in [-0.2, 0) is 12.8 Å². The first-order chi connectivity index (χ1) is 11.0. The Labute approximate surface area is 155 Å². The Bertz CT molecular complexity index is 644. The second-order valence-corrected chi connectivity index (χ2v) is 8.19. The number of hydrogen-bond acceptors (Lipinski definition) is 2. The van der Waals surface area contributed by atoms with Crippen LogP contribution in [0, 0.1) is 0 Å². The molecule has 0 N–H and O–H groups in total. The fourth-order valence-electron chi connectivity index (χ4n) is 3.22. The molecule has 0 radical (unpaired) electrons. The molecule has 0 saturated carbocycles. The fraction of sp³-hybridized carbons (Fsp3) is 0.368. The molecule has 1 heterocycles. The van der Waals surface area contributed by atoms with Crippen LogP contribution < -0.4 is 4.90 Å². The van der Waals surface area contributed by atoms with Gasteiger partial charge in [-0.05, 0) is 87.4 Å². The average molecular weight is 438 g/mol. The number of aryl methyl sites for hydroxylation is 2. The molecule has 4 heteroatoms. The molecule has 23 heavy (non-hydrogen) atoms. The minimum Gasteiger partial charge on any atom is -0.341 e. The van der Waals surface area contributed by atoms with Crippen LogP contribution >= 0.6 is 31.9 Å². The molecule has 0 aromatic heterocycles. The van der Waals surface area contributed by atoms with Crippen molar-refractivity contribution in [3.8, 4) is 0 Å². The molecule has 0 bridgehead atoms. The molecule has 2 aromatic rings. The van der Waals surface area contributed by atoms with E-state index in [1.807, 2.05) is 0 Å². The lowest BCUT2D eigenvalue weighted by molar-refractivity contribution is 0.402. The molecular formula is C19H22Br2N2. The average Bonchev–Trinajstić information content (AvgIpc) is 2.64. The first-order valence-electron chi connectivity index (χ1n) is 8.04. The molecular weight excluding hydrogens is 416 g/mol. The molecule has 0 amide bonds. The molecule has 0 fully saturated rings. The van der Waals surface area contributed by atoms with Crippen LogP contribution in [0.2, 0.25) is 0 Å². The van der Waals surface area contributed by atoms with E-state index in [4.69, 9.17) is 0 Å². The summed E-state index contributed by atoms with van der Waals surface area (Å²) in [6, 6.07) is 13.4. The number of nitrogens with zero attached hydrogens (tertiary/aromatic N) is 2. The maximum Gasteiger partial charge on any atom is 0.0444 e. The van der Waals surface area contributed by atoms with Gasteiger partial charge >= 0.3 is 0 Å². The van der Waals surface area contributed by atoms with E-state index in [0.29, 0.717) is 0 Å². The number of hydrogen-bond donors (Lipinski definition) is 0. The van der Waals surface area contributed by atoms with Crippen molar-refractivity contribution in [2.45, 2.75) is 19.3 Å². The molecule has 0 aliphatic carbocycles. The van der Waals surface area contributed by atoms with Crippen molar-refractivity contribution in [1.29, 1.82) is 0 Å². The third-order valence-electron chi connectivity index (χ3n) is 4.32. The number of anilines is 2. The van der Waals surface area contributed by atoms with Gasteiger partial charge in [0.25, 0.3) is 0 Å². The van der Waals surface area contributed by atoms with Crippen molar-refractivity contribution in [1.82, 2.24) is 4.90 Å². The predicted octanol–water partition coefficient (Wildman–Crippen LogP) is 5.40. The van der Waals surface area contributed by atoms with E-state index in [1.165, 1.54) is 22.5 Å². The summed E-state index contributed by atoms with van der Waals surface area (Å²) < 4.78 is 2.33. The highest BCUT2D eigenvalue weighted by atomic mass is 79.9. The van der Waals surface area contributed by atoms with Crippen LogP contribution in [0.1, 0.15) is 17.5 Å². The predicted molar refractivity (Wildman–Crippen MR) is 106 cm³/mol. The quantitative estimate of drug-likeness (QED) is 0.631. The Morgan fingerprint density at radius 1 is 0.913 bits per heavy atom. The molecule has 3 rings (SSSR count). The van der Waals surface area contributed by atoms with E-state index in [-0.39, 0.29) is 0 Å². The summed E-state index contributed by atoms with van der Waals surface area (Å²) in [7, 11) is 4.27. The van der Waals surface area contributed by atoms with Gasteiger partial charge in [0.2, 0.25) is 0 Å². The minimum absolute atomic E-state index is 1.04. The Balaban J connectivity index is 1.99. The van der Waals surface area contributed by atoms with E-state index in [0.717, 1.165) is 41.3 Å². The van der Waals surface area contributed by atoms with Gasteiger partial charge in [0, 0.05) is 26.9 Å². The van der Waals surface area contributed by atoms with Gasteiger partial charge in [-0.1, -0.05) is 31.9 Å². The zero-order chi connectivity index (χ0) is 16.4. The Kier molecular flexibility index (Phi) is 5.45. The van der Waals surface area contributed by atoms with E-state index in [9.17, 15) is 0 Å². The molecule has 2 nitrogen and oxygen atoms in total. The van der Waals surface area contributed by atoms with Crippen LogP contribution in [0.3, 0.4) is 0 Å². The molecule has 1 aliphatic heterocycles. The Hall–Kier alpha value is -0.840.